The van der Waals surface area contributed by atoms with Crippen LogP contribution in [0, 0.1) is 0 Å². The van der Waals surface area contributed by atoms with Gasteiger partial charge in [0.05, 0.1) is 33.1 Å². The van der Waals surface area contributed by atoms with Gasteiger partial charge in [0, 0.05) is 66.1 Å². The van der Waals surface area contributed by atoms with Crippen molar-refractivity contribution in [2.75, 3.05) is 0 Å². The molecule has 9 aromatic carbocycles. The smallest absolute Gasteiger partial charge is 0.164 e. The van der Waals surface area contributed by atoms with Crippen molar-refractivity contribution in [3.05, 3.63) is 218 Å². The number of para-hydroxylation sites is 4. The van der Waals surface area contributed by atoms with E-state index >= 15 is 0 Å². The van der Waals surface area contributed by atoms with Crippen LogP contribution in [0.3, 0.4) is 0 Å². The largest absolute Gasteiger partial charge is 0.309 e. The number of fused-ring (bicyclic) bond motifs is 9. The third-order valence-corrected chi connectivity index (χ3v) is 12.5. The lowest BCUT2D eigenvalue weighted by atomic mass is 10.1. The Morgan fingerprint density at radius 1 is 0.222 bits per heavy atom. The molecule has 13 aromatic rings. The number of hydrogen-bond donors (Lipinski definition) is 0. The Kier molecular flexibility index (Phi) is 7.80. The van der Waals surface area contributed by atoms with E-state index in [1.807, 2.05) is 60.7 Å². The minimum Gasteiger partial charge on any atom is -0.309 e. The molecule has 0 saturated heterocycles. The van der Waals surface area contributed by atoms with Crippen molar-refractivity contribution in [1.82, 2.24) is 28.7 Å². The molecular weight excluding hydrogens is 769 g/mol. The Balaban J connectivity index is 1.06. The van der Waals surface area contributed by atoms with Crippen molar-refractivity contribution < 1.29 is 0 Å². The van der Waals surface area contributed by atoms with E-state index in [1.54, 1.807) is 0 Å². The first kappa shape index (κ1) is 35.2. The van der Waals surface area contributed by atoms with Crippen LogP contribution in [0.4, 0.5) is 0 Å². The minimum atomic E-state index is 0.618. The molecule has 0 aliphatic carbocycles. The van der Waals surface area contributed by atoms with Gasteiger partial charge < -0.3 is 13.7 Å². The lowest BCUT2D eigenvalue weighted by molar-refractivity contribution is 1.07. The number of rotatable bonds is 6. The summed E-state index contributed by atoms with van der Waals surface area (Å²) < 4.78 is 7.19. The summed E-state index contributed by atoms with van der Waals surface area (Å²) in [5, 5.41) is 7.29. The molecule has 6 heteroatoms. The van der Waals surface area contributed by atoms with Gasteiger partial charge in [-0.3, -0.25) is 0 Å². The molecule has 294 valence electrons. The maximum Gasteiger partial charge on any atom is 0.164 e. The van der Waals surface area contributed by atoms with Crippen molar-refractivity contribution in [3.8, 4) is 51.2 Å². The number of aromatic nitrogens is 6. The minimum absolute atomic E-state index is 0.618. The first-order valence-electron chi connectivity index (χ1n) is 21.3. The molecule has 0 amide bonds. The van der Waals surface area contributed by atoms with Crippen molar-refractivity contribution >= 4 is 65.4 Å². The molecule has 0 bridgehead atoms. The van der Waals surface area contributed by atoms with Crippen LogP contribution in [-0.4, -0.2) is 28.7 Å². The van der Waals surface area contributed by atoms with Gasteiger partial charge in [0.1, 0.15) is 0 Å². The summed E-state index contributed by atoms with van der Waals surface area (Å²) >= 11 is 0. The molecule has 13 rings (SSSR count). The van der Waals surface area contributed by atoms with E-state index in [-0.39, 0.29) is 0 Å². The van der Waals surface area contributed by atoms with Crippen molar-refractivity contribution in [1.29, 1.82) is 0 Å². The Labute approximate surface area is 362 Å². The molecule has 0 unspecified atom stereocenters. The summed E-state index contributed by atoms with van der Waals surface area (Å²) in [6.07, 6.45) is 0. The highest BCUT2D eigenvalue weighted by atomic mass is 15.0. The molecule has 0 aliphatic heterocycles. The van der Waals surface area contributed by atoms with Crippen LogP contribution in [0.15, 0.2) is 218 Å². The SMILES string of the molecule is c1ccc(-c2nc(-c3ccccc3)nc(-c3cccc(-n4c5ccc(-n6c7ccccc7c7ccccc76)cc5c5cc(-n6c7ccccc7c7ccccc76)ccc54)c3)n2)cc1. The standard InChI is InChI=1S/C57H36N6/c1-3-16-37(17-4-1)55-58-56(38-18-5-2-6-19-38)60-57(59-55)39-20-15-21-40(34-39)61-53-32-30-41(62-49-26-11-7-22-43(49)44-23-8-12-27-50(44)62)35-47(53)48-36-42(31-33-54(48)61)63-51-28-13-9-24-45(51)46-25-10-14-29-52(46)63/h1-36H. The van der Waals surface area contributed by atoms with Crippen molar-refractivity contribution in [2.45, 2.75) is 0 Å². The van der Waals surface area contributed by atoms with Crippen LogP contribution in [0.1, 0.15) is 0 Å². The lowest BCUT2D eigenvalue weighted by Crippen LogP contribution is -2.01. The van der Waals surface area contributed by atoms with E-state index in [2.05, 4.69) is 171 Å². The third kappa shape index (κ3) is 5.55. The Morgan fingerprint density at radius 2 is 0.540 bits per heavy atom. The molecule has 63 heavy (non-hydrogen) atoms. The second-order valence-electron chi connectivity index (χ2n) is 16.1. The molecule has 4 heterocycles. The first-order valence-corrected chi connectivity index (χ1v) is 21.3. The molecule has 0 N–H and O–H groups in total. The molecule has 0 fully saturated rings. The van der Waals surface area contributed by atoms with Gasteiger partial charge in [0.15, 0.2) is 17.5 Å². The summed E-state index contributed by atoms with van der Waals surface area (Å²) in [6, 6.07) is 77.5. The van der Waals surface area contributed by atoms with Gasteiger partial charge in [-0.25, -0.2) is 15.0 Å². The van der Waals surface area contributed by atoms with Gasteiger partial charge >= 0.3 is 0 Å². The molecule has 0 spiro atoms. The molecule has 0 saturated carbocycles. The van der Waals surface area contributed by atoms with E-state index in [0.717, 1.165) is 55.6 Å². The van der Waals surface area contributed by atoms with Gasteiger partial charge in [-0.2, -0.15) is 0 Å². The molecule has 0 atom stereocenters. The molecular formula is C57H36N6. The topological polar surface area (TPSA) is 53.5 Å². The van der Waals surface area contributed by atoms with Gasteiger partial charge in [-0.15, -0.1) is 0 Å². The maximum atomic E-state index is 5.09. The molecule has 0 aliphatic rings. The Hall–Kier alpha value is -8.61. The van der Waals surface area contributed by atoms with Gasteiger partial charge in [-0.1, -0.05) is 146 Å². The van der Waals surface area contributed by atoms with E-state index in [4.69, 9.17) is 15.0 Å². The summed E-state index contributed by atoms with van der Waals surface area (Å²) in [7, 11) is 0. The van der Waals surface area contributed by atoms with Gasteiger partial charge in [-0.05, 0) is 72.8 Å². The molecule has 0 radical (unpaired) electrons. The first-order chi connectivity index (χ1) is 31.2. The van der Waals surface area contributed by atoms with E-state index in [1.165, 1.54) is 43.6 Å². The van der Waals surface area contributed by atoms with Crippen LogP contribution in [0.5, 0.6) is 0 Å². The predicted octanol–water partition coefficient (Wildman–Crippen LogP) is 14.2. The number of benzene rings is 9. The van der Waals surface area contributed by atoms with Crippen LogP contribution < -0.4 is 0 Å². The van der Waals surface area contributed by atoms with E-state index < -0.39 is 0 Å². The second-order valence-corrected chi connectivity index (χ2v) is 16.1. The zero-order chi connectivity index (χ0) is 41.4. The fourth-order valence-electron chi connectivity index (χ4n) is 9.68. The summed E-state index contributed by atoms with van der Waals surface area (Å²) in [6.45, 7) is 0. The second kappa shape index (κ2) is 14.0. The van der Waals surface area contributed by atoms with Crippen LogP contribution in [-0.2, 0) is 0 Å². The van der Waals surface area contributed by atoms with Crippen LogP contribution >= 0.6 is 0 Å². The Bertz CT molecular complexity index is 3580. The quantitative estimate of drug-likeness (QED) is 0.168. The average Bonchev–Trinajstić information content (AvgIpc) is 4.00. The number of nitrogens with zero attached hydrogens (tertiary/aromatic N) is 6. The van der Waals surface area contributed by atoms with Crippen LogP contribution in [0.25, 0.3) is 117 Å². The predicted molar refractivity (Wildman–Crippen MR) is 259 cm³/mol. The monoisotopic (exact) mass is 804 g/mol. The Morgan fingerprint density at radius 3 is 0.952 bits per heavy atom. The van der Waals surface area contributed by atoms with E-state index in [0.29, 0.717) is 17.5 Å². The van der Waals surface area contributed by atoms with E-state index in [9.17, 15) is 0 Å². The zero-order valence-corrected chi connectivity index (χ0v) is 34.0. The van der Waals surface area contributed by atoms with Crippen molar-refractivity contribution in [2.24, 2.45) is 0 Å². The third-order valence-electron chi connectivity index (χ3n) is 12.5. The fraction of sp³-hybridized carbons (Fsp3) is 0. The van der Waals surface area contributed by atoms with Gasteiger partial charge in [0.25, 0.3) is 0 Å². The van der Waals surface area contributed by atoms with Crippen LogP contribution in [0.2, 0.25) is 0 Å². The highest BCUT2D eigenvalue weighted by Gasteiger charge is 2.20. The summed E-state index contributed by atoms with van der Waals surface area (Å²) in [5.41, 5.74) is 13.0. The van der Waals surface area contributed by atoms with Gasteiger partial charge in [0.2, 0.25) is 0 Å². The van der Waals surface area contributed by atoms with Crippen molar-refractivity contribution in [3.63, 3.8) is 0 Å². The fourth-order valence-corrected chi connectivity index (χ4v) is 9.68. The average molecular weight is 805 g/mol. The zero-order valence-electron chi connectivity index (χ0n) is 34.0. The highest BCUT2D eigenvalue weighted by Crippen LogP contribution is 2.40. The maximum absolute atomic E-state index is 5.09. The lowest BCUT2D eigenvalue weighted by Gasteiger charge is -2.12. The molecule has 6 nitrogen and oxygen atoms in total. The normalized spacial score (nSPS) is 11.8. The number of hydrogen-bond acceptors (Lipinski definition) is 3. The highest BCUT2D eigenvalue weighted by molar-refractivity contribution is 6.14. The molecule has 4 aromatic heterocycles. The summed E-state index contributed by atoms with van der Waals surface area (Å²) in [5.74, 6) is 1.89. The summed E-state index contributed by atoms with van der Waals surface area (Å²) in [4.78, 5) is 15.1.